The van der Waals surface area contributed by atoms with Crippen molar-refractivity contribution < 1.29 is 9.59 Å². The monoisotopic (exact) mass is 361 g/mol. The third kappa shape index (κ3) is 4.14. The molecule has 0 aliphatic heterocycles. The summed E-state index contributed by atoms with van der Waals surface area (Å²) >= 11 is 3.36. The summed E-state index contributed by atoms with van der Waals surface area (Å²) in [5.74, 6) is -0.502. The van der Waals surface area contributed by atoms with E-state index in [-0.39, 0.29) is 18.4 Å². The van der Waals surface area contributed by atoms with Crippen molar-refractivity contribution in [1.29, 1.82) is 0 Å². The van der Waals surface area contributed by atoms with Gasteiger partial charge in [-0.25, -0.2) is 0 Å². The molecule has 2 rings (SSSR count). The molecule has 0 saturated carbocycles. The fourth-order valence-electron chi connectivity index (χ4n) is 1.85. The van der Waals surface area contributed by atoms with Crippen LogP contribution in [-0.4, -0.2) is 35.3 Å². The maximum absolute atomic E-state index is 12.2. The maximum atomic E-state index is 12.2. The second kappa shape index (κ2) is 7.17. The zero-order valence-electron chi connectivity index (χ0n) is 12.3. The molecule has 5 nitrogen and oxygen atoms in total. The van der Waals surface area contributed by atoms with Gasteiger partial charge in [-0.2, -0.15) is 0 Å². The van der Waals surface area contributed by atoms with Crippen LogP contribution in [0.5, 0.6) is 0 Å². The number of hydrogen-bond acceptors (Lipinski definition) is 3. The fraction of sp³-hybridized carbons (Fsp3) is 0.188. The topological polar surface area (TPSA) is 62.3 Å². The van der Waals surface area contributed by atoms with Crippen LogP contribution in [0.25, 0.3) is 0 Å². The molecule has 1 N–H and O–H groups in total. The third-order valence-corrected chi connectivity index (χ3v) is 3.73. The van der Waals surface area contributed by atoms with E-state index in [1.165, 1.54) is 11.1 Å². The average Bonchev–Trinajstić information content (AvgIpc) is 2.49. The van der Waals surface area contributed by atoms with Crippen LogP contribution in [0.3, 0.4) is 0 Å². The van der Waals surface area contributed by atoms with E-state index in [2.05, 4.69) is 26.2 Å². The molecule has 1 heterocycles. The molecule has 0 unspecified atom stereocenters. The van der Waals surface area contributed by atoms with E-state index >= 15 is 0 Å². The zero-order chi connectivity index (χ0) is 16.1. The molecule has 2 amide bonds. The van der Waals surface area contributed by atoms with E-state index in [4.69, 9.17) is 0 Å². The van der Waals surface area contributed by atoms with E-state index in [9.17, 15) is 9.59 Å². The number of nitrogens with zero attached hydrogens (tertiary/aromatic N) is 2. The molecule has 6 heteroatoms. The summed E-state index contributed by atoms with van der Waals surface area (Å²) in [6.07, 6.45) is 1.51. The molecule has 0 fully saturated rings. The SMILES string of the molecule is Cc1ccc(C(=O)N(C)CC(=O)Nc2ccccc2Br)cn1. The van der Waals surface area contributed by atoms with Crippen LogP contribution >= 0.6 is 15.9 Å². The molecule has 0 radical (unpaired) electrons. The van der Waals surface area contributed by atoms with Crippen molar-refractivity contribution >= 4 is 33.4 Å². The number of nitrogens with one attached hydrogen (secondary N) is 1. The number of aromatic nitrogens is 1. The number of hydrogen-bond donors (Lipinski definition) is 1. The second-order valence-corrected chi connectivity index (χ2v) is 5.73. The van der Waals surface area contributed by atoms with E-state index in [0.717, 1.165) is 10.2 Å². The Balaban J connectivity index is 1.97. The number of carbonyl (C=O) groups excluding carboxylic acids is 2. The number of pyridine rings is 1. The molecule has 0 bridgehead atoms. The van der Waals surface area contributed by atoms with Crippen molar-refractivity contribution in [2.24, 2.45) is 0 Å². The number of para-hydroxylation sites is 1. The molecule has 2 aromatic rings. The largest absolute Gasteiger partial charge is 0.332 e. The summed E-state index contributed by atoms with van der Waals surface area (Å²) in [4.78, 5) is 29.7. The van der Waals surface area contributed by atoms with Crippen molar-refractivity contribution in [1.82, 2.24) is 9.88 Å². The molecule has 1 aromatic carbocycles. The van der Waals surface area contributed by atoms with E-state index < -0.39 is 0 Å². The number of benzene rings is 1. The van der Waals surface area contributed by atoms with E-state index in [0.29, 0.717) is 11.3 Å². The van der Waals surface area contributed by atoms with Gasteiger partial charge in [0, 0.05) is 23.4 Å². The van der Waals surface area contributed by atoms with Crippen molar-refractivity contribution in [2.45, 2.75) is 6.92 Å². The highest BCUT2D eigenvalue weighted by Gasteiger charge is 2.15. The Labute approximate surface area is 137 Å². The van der Waals surface area contributed by atoms with Gasteiger partial charge in [-0.15, -0.1) is 0 Å². The van der Waals surface area contributed by atoms with E-state index in [1.54, 1.807) is 25.2 Å². The van der Waals surface area contributed by atoms with Crippen LogP contribution in [-0.2, 0) is 4.79 Å². The zero-order valence-corrected chi connectivity index (χ0v) is 13.9. The Morgan fingerprint density at radius 3 is 2.59 bits per heavy atom. The first-order valence-corrected chi connectivity index (χ1v) is 7.49. The van der Waals surface area contributed by atoms with Gasteiger partial charge in [-0.1, -0.05) is 12.1 Å². The van der Waals surface area contributed by atoms with Gasteiger partial charge in [0.15, 0.2) is 0 Å². The average molecular weight is 362 g/mol. The molecule has 1 aromatic heterocycles. The summed E-state index contributed by atoms with van der Waals surface area (Å²) in [7, 11) is 1.59. The number of amides is 2. The van der Waals surface area contributed by atoms with Gasteiger partial charge in [-0.3, -0.25) is 14.6 Å². The standard InChI is InChI=1S/C16H16BrN3O2/c1-11-7-8-12(9-18-11)16(22)20(2)10-15(21)19-14-6-4-3-5-13(14)17/h3-9H,10H2,1-2H3,(H,19,21). The summed E-state index contributed by atoms with van der Waals surface area (Å²) in [6.45, 7) is 1.82. The van der Waals surface area contributed by atoms with Crippen molar-refractivity contribution in [3.05, 3.63) is 58.3 Å². The number of likely N-dealkylation sites (N-methyl/N-ethyl adjacent to an activating group) is 1. The van der Waals surface area contributed by atoms with Crippen molar-refractivity contribution in [2.75, 3.05) is 18.9 Å². The Hall–Kier alpha value is -2.21. The first-order valence-electron chi connectivity index (χ1n) is 6.70. The number of halogens is 1. The minimum atomic E-state index is -0.261. The number of aryl methyl sites for hydroxylation is 1. The molecule has 0 saturated heterocycles. The summed E-state index contributed by atoms with van der Waals surface area (Å²) < 4.78 is 0.792. The number of rotatable bonds is 4. The van der Waals surface area contributed by atoms with Crippen molar-refractivity contribution in [3.8, 4) is 0 Å². The van der Waals surface area contributed by atoms with Gasteiger partial charge in [-0.05, 0) is 47.1 Å². The Morgan fingerprint density at radius 2 is 1.95 bits per heavy atom. The molecule has 22 heavy (non-hydrogen) atoms. The molecule has 0 spiro atoms. The first kappa shape index (κ1) is 16.2. The lowest BCUT2D eigenvalue weighted by atomic mass is 10.2. The number of carbonyl (C=O) groups is 2. The van der Waals surface area contributed by atoms with E-state index in [1.807, 2.05) is 25.1 Å². The second-order valence-electron chi connectivity index (χ2n) is 4.88. The summed E-state index contributed by atoms with van der Waals surface area (Å²) in [5.41, 5.74) is 1.97. The van der Waals surface area contributed by atoms with Crippen LogP contribution in [0.4, 0.5) is 5.69 Å². The minimum Gasteiger partial charge on any atom is -0.332 e. The predicted octanol–water partition coefficient (Wildman–Crippen LogP) is 2.86. The lowest BCUT2D eigenvalue weighted by molar-refractivity contribution is -0.116. The van der Waals surface area contributed by atoms with Gasteiger partial charge in [0.2, 0.25) is 5.91 Å². The molecule has 0 aliphatic rings. The Morgan fingerprint density at radius 1 is 1.23 bits per heavy atom. The molecule has 0 atom stereocenters. The lowest BCUT2D eigenvalue weighted by Crippen LogP contribution is -2.35. The highest BCUT2D eigenvalue weighted by molar-refractivity contribution is 9.10. The Bertz CT molecular complexity index is 686. The van der Waals surface area contributed by atoms with Gasteiger partial charge in [0.1, 0.15) is 0 Å². The summed E-state index contributed by atoms with van der Waals surface area (Å²) in [6, 6.07) is 10.8. The van der Waals surface area contributed by atoms with Gasteiger partial charge in [0.05, 0.1) is 17.8 Å². The quantitative estimate of drug-likeness (QED) is 0.910. The van der Waals surface area contributed by atoms with Gasteiger partial charge < -0.3 is 10.2 Å². The predicted molar refractivity (Wildman–Crippen MR) is 88.7 cm³/mol. The van der Waals surface area contributed by atoms with Crippen molar-refractivity contribution in [3.63, 3.8) is 0 Å². The highest BCUT2D eigenvalue weighted by Crippen LogP contribution is 2.21. The normalized spacial score (nSPS) is 10.1. The highest BCUT2D eigenvalue weighted by atomic mass is 79.9. The lowest BCUT2D eigenvalue weighted by Gasteiger charge is -2.17. The third-order valence-electron chi connectivity index (χ3n) is 3.03. The van der Waals surface area contributed by atoms with Crippen LogP contribution in [0.15, 0.2) is 47.1 Å². The van der Waals surface area contributed by atoms with Crippen LogP contribution < -0.4 is 5.32 Å². The Kier molecular flexibility index (Phi) is 5.27. The first-order chi connectivity index (χ1) is 10.5. The molecule has 114 valence electrons. The number of anilines is 1. The van der Waals surface area contributed by atoms with Crippen LogP contribution in [0.1, 0.15) is 16.1 Å². The fourth-order valence-corrected chi connectivity index (χ4v) is 2.24. The molecular formula is C16H16BrN3O2. The molecule has 0 aliphatic carbocycles. The molecular weight excluding hydrogens is 346 g/mol. The smallest absolute Gasteiger partial charge is 0.255 e. The van der Waals surface area contributed by atoms with Gasteiger partial charge >= 0.3 is 0 Å². The van der Waals surface area contributed by atoms with Gasteiger partial charge in [0.25, 0.3) is 5.91 Å². The van der Waals surface area contributed by atoms with Crippen LogP contribution in [0.2, 0.25) is 0 Å². The maximum Gasteiger partial charge on any atom is 0.255 e. The summed E-state index contributed by atoms with van der Waals surface area (Å²) in [5, 5.41) is 2.76. The minimum absolute atomic E-state index is 0.0337. The van der Waals surface area contributed by atoms with Crippen LogP contribution in [0, 0.1) is 6.92 Å².